The van der Waals surface area contributed by atoms with Crippen molar-refractivity contribution in [3.05, 3.63) is 53.1 Å². The Kier molecular flexibility index (Phi) is 5.71. The van der Waals surface area contributed by atoms with Gasteiger partial charge in [0.15, 0.2) is 6.10 Å². The number of sulfonamides is 1. The number of fused-ring (bicyclic) bond motifs is 1. The summed E-state index contributed by atoms with van der Waals surface area (Å²) in [5, 5.41) is 3.25. The van der Waals surface area contributed by atoms with Crippen LogP contribution < -0.4 is 19.1 Å². The summed E-state index contributed by atoms with van der Waals surface area (Å²) in [4.78, 5) is 12.7. The van der Waals surface area contributed by atoms with E-state index in [1.165, 1.54) is 6.07 Å². The Bertz CT molecular complexity index is 978. The number of hydrogen-bond donors (Lipinski definition) is 1. The second-order valence-electron chi connectivity index (χ2n) is 6.52. The van der Waals surface area contributed by atoms with Crippen molar-refractivity contribution in [1.29, 1.82) is 0 Å². The molecular formula is C19H21ClN2O5S. The standard InChI is InChI=1S/C19H21ClN2O5S/c1-12(13-4-7-15(26-2)8-5-13)21-19(23)18-11-22(28(3,24)25)16-10-14(20)6-9-17(16)27-18/h4-10,12,18H,11H2,1-3H3,(H,21,23). The number of nitrogens with zero attached hydrogens (tertiary/aromatic N) is 1. The molecule has 3 rings (SSSR count). The summed E-state index contributed by atoms with van der Waals surface area (Å²) in [6.07, 6.45) is 0.0990. The van der Waals surface area contributed by atoms with Crippen LogP contribution in [0.1, 0.15) is 18.5 Å². The fourth-order valence-corrected chi connectivity index (χ4v) is 4.03. The topological polar surface area (TPSA) is 84.9 Å². The quantitative estimate of drug-likeness (QED) is 0.797. The van der Waals surface area contributed by atoms with Gasteiger partial charge in [0, 0.05) is 5.02 Å². The van der Waals surface area contributed by atoms with Crippen molar-refractivity contribution in [2.24, 2.45) is 0 Å². The molecule has 0 aliphatic carbocycles. The summed E-state index contributed by atoms with van der Waals surface area (Å²) in [7, 11) is -2.03. The van der Waals surface area contributed by atoms with E-state index in [0.29, 0.717) is 16.5 Å². The number of methoxy groups -OCH3 is 1. The van der Waals surface area contributed by atoms with Crippen LogP contribution in [0.25, 0.3) is 0 Å². The fraction of sp³-hybridized carbons (Fsp3) is 0.316. The van der Waals surface area contributed by atoms with Gasteiger partial charge in [-0.25, -0.2) is 8.42 Å². The number of rotatable bonds is 5. The van der Waals surface area contributed by atoms with Crippen molar-refractivity contribution in [2.45, 2.75) is 19.1 Å². The van der Waals surface area contributed by atoms with Crippen LogP contribution >= 0.6 is 11.6 Å². The van der Waals surface area contributed by atoms with E-state index in [1.807, 2.05) is 19.1 Å². The zero-order valence-corrected chi connectivity index (χ0v) is 17.3. The molecule has 28 heavy (non-hydrogen) atoms. The highest BCUT2D eigenvalue weighted by molar-refractivity contribution is 7.92. The number of ether oxygens (including phenoxy) is 2. The molecule has 0 spiro atoms. The predicted octanol–water partition coefficient (Wildman–Crippen LogP) is 2.75. The van der Waals surface area contributed by atoms with Gasteiger partial charge in [-0.3, -0.25) is 9.10 Å². The van der Waals surface area contributed by atoms with Gasteiger partial charge in [-0.1, -0.05) is 23.7 Å². The first-order valence-corrected chi connectivity index (χ1v) is 10.8. The van der Waals surface area contributed by atoms with Crippen molar-refractivity contribution < 1.29 is 22.7 Å². The van der Waals surface area contributed by atoms with Gasteiger partial charge in [0.1, 0.15) is 11.5 Å². The average Bonchev–Trinajstić information content (AvgIpc) is 2.66. The third-order valence-corrected chi connectivity index (χ3v) is 5.84. The number of nitrogens with one attached hydrogen (secondary N) is 1. The van der Waals surface area contributed by atoms with E-state index in [-0.39, 0.29) is 12.6 Å². The van der Waals surface area contributed by atoms with E-state index in [0.717, 1.165) is 21.9 Å². The monoisotopic (exact) mass is 424 g/mol. The summed E-state index contributed by atoms with van der Waals surface area (Å²) < 4.78 is 36.5. The van der Waals surface area contributed by atoms with Gasteiger partial charge in [0.2, 0.25) is 10.0 Å². The van der Waals surface area contributed by atoms with E-state index >= 15 is 0 Å². The van der Waals surface area contributed by atoms with E-state index < -0.39 is 22.0 Å². The van der Waals surface area contributed by atoms with Gasteiger partial charge >= 0.3 is 0 Å². The molecule has 1 aliphatic heterocycles. The fourth-order valence-electron chi connectivity index (χ4n) is 2.96. The largest absolute Gasteiger partial charge is 0.497 e. The van der Waals surface area contributed by atoms with E-state index in [2.05, 4.69) is 5.32 Å². The number of hydrogen-bond acceptors (Lipinski definition) is 5. The molecule has 0 bridgehead atoms. The summed E-state index contributed by atoms with van der Waals surface area (Å²) in [6, 6.07) is 11.7. The van der Waals surface area contributed by atoms with Crippen molar-refractivity contribution in [2.75, 3.05) is 24.2 Å². The highest BCUT2D eigenvalue weighted by Gasteiger charge is 2.35. The SMILES string of the molecule is COc1ccc(C(C)NC(=O)C2CN(S(C)(=O)=O)c3cc(Cl)ccc3O2)cc1. The first kappa shape index (κ1) is 20.3. The maximum atomic E-state index is 12.7. The molecule has 0 radical (unpaired) electrons. The maximum absolute atomic E-state index is 12.7. The van der Waals surface area contributed by atoms with Crippen molar-refractivity contribution >= 4 is 33.2 Å². The van der Waals surface area contributed by atoms with Crippen molar-refractivity contribution in [3.8, 4) is 11.5 Å². The highest BCUT2D eigenvalue weighted by Crippen LogP contribution is 2.37. The number of benzene rings is 2. The minimum Gasteiger partial charge on any atom is -0.497 e. The number of amides is 1. The zero-order chi connectivity index (χ0) is 20.5. The molecule has 1 aliphatic rings. The Morgan fingerprint density at radius 2 is 1.96 bits per heavy atom. The molecule has 2 aromatic carbocycles. The zero-order valence-electron chi connectivity index (χ0n) is 15.7. The summed E-state index contributed by atoms with van der Waals surface area (Å²) in [5.41, 5.74) is 1.21. The molecular weight excluding hydrogens is 404 g/mol. The molecule has 2 unspecified atom stereocenters. The number of carbonyl (C=O) groups is 1. The molecule has 1 amide bonds. The summed E-state index contributed by atoms with van der Waals surface area (Å²) in [6.45, 7) is 1.71. The molecule has 0 aromatic heterocycles. The second-order valence-corrected chi connectivity index (χ2v) is 8.86. The Morgan fingerprint density at radius 3 is 2.57 bits per heavy atom. The van der Waals surface area contributed by atoms with Crippen LogP contribution in [0.4, 0.5) is 5.69 Å². The van der Waals surface area contributed by atoms with Crippen LogP contribution in [0.5, 0.6) is 11.5 Å². The third-order valence-electron chi connectivity index (χ3n) is 4.46. The number of carbonyl (C=O) groups excluding carboxylic acids is 1. The normalized spacial score (nSPS) is 17.3. The van der Waals surface area contributed by atoms with Crippen LogP contribution in [-0.4, -0.2) is 40.3 Å². The molecule has 0 saturated heterocycles. The first-order valence-electron chi connectivity index (χ1n) is 8.57. The third kappa shape index (κ3) is 4.34. The summed E-state index contributed by atoms with van der Waals surface area (Å²) >= 11 is 5.98. The minimum absolute atomic E-state index is 0.132. The van der Waals surface area contributed by atoms with Gasteiger partial charge in [0.05, 0.1) is 31.6 Å². The van der Waals surface area contributed by atoms with Gasteiger partial charge in [-0.2, -0.15) is 0 Å². The van der Waals surface area contributed by atoms with Gasteiger partial charge < -0.3 is 14.8 Å². The Morgan fingerprint density at radius 1 is 1.29 bits per heavy atom. The predicted molar refractivity (Wildman–Crippen MR) is 108 cm³/mol. The molecule has 2 aromatic rings. The molecule has 0 saturated carbocycles. The van der Waals surface area contributed by atoms with E-state index in [4.69, 9.17) is 21.1 Å². The summed E-state index contributed by atoms with van der Waals surface area (Å²) in [5.74, 6) is 0.604. The second kappa shape index (κ2) is 7.89. The van der Waals surface area contributed by atoms with Gasteiger partial charge in [-0.15, -0.1) is 0 Å². The maximum Gasteiger partial charge on any atom is 0.263 e. The molecule has 9 heteroatoms. The molecule has 1 N–H and O–H groups in total. The molecule has 1 heterocycles. The Balaban J connectivity index is 1.79. The molecule has 150 valence electrons. The molecule has 2 atom stereocenters. The lowest BCUT2D eigenvalue weighted by Gasteiger charge is -2.34. The lowest BCUT2D eigenvalue weighted by molar-refractivity contribution is -0.128. The van der Waals surface area contributed by atoms with Crippen LogP contribution in [0.3, 0.4) is 0 Å². The van der Waals surface area contributed by atoms with Gasteiger partial charge in [0.25, 0.3) is 5.91 Å². The average molecular weight is 425 g/mol. The van der Waals surface area contributed by atoms with Crippen molar-refractivity contribution in [3.63, 3.8) is 0 Å². The highest BCUT2D eigenvalue weighted by atomic mass is 35.5. The van der Waals surface area contributed by atoms with Crippen LogP contribution in [-0.2, 0) is 14.8 Å². The minimum atomic E-state index is -3.61. The Labute approximate surface area is 169 Å². The van der Waals surface area contributed by atoms with Crippen LogP contribution in [0.15, 0.2) is 42.5 Å². The first-order chi connectivity index (χ1) is 13.2. The smallest absolute Gasteiger partial charge is 0.263 e. The molecule has 0 fully saturated rings. The van der Waals surface area contributed by atoms with E-state index in [1.54, 1.807) is 31.4 Å². The lowest BCUT2D eigenvalue weighted by atomic mass is 10.1. The van der Waals surface area contributed by atoms with Crippen LogP contribution in [0.2, 0.25) is 5.02 Å². The lowest BCUT2D eigenvalue weighted by Crippen LogP contribution is -2.50. The number of halogens is 1. The number of anilines is 1. The van der Waals surface area contributed by atoms with Crippen LogP contribution in [0, 0.1) is 0 Å². The molecule has 7 nitrogen and oxygen atoms in total. The van der Waals surface area contributed by atoms with Gasteiger partial charge in [-0.05, 0) is 42.8 Å². The van der Waals surface area contributed by atoms with E-state index in [9.17, 15) is 13.2 Å². The van der Waals surface area contributed by atoms with Crippen molar-refractivity contribution in [1.82, 2.24) is 5.32 Å². The Hall–Kier alpha value is -2.45.